The van der Waals surface area contributed by atoms with E-state index in [0.717, 1.165) is 11.3 Å². The molecule has 0 fully saturated rings. The van der Waals surface area contributed by atoms with Crippen molar-refractivity contribution in [2.45, 2.75) is 6.92 Å². The van der Waals surface area contributed by atoms with Gasteiger partial charge >= 0.3 is 5.97 Å². The Hall–Kier alpha value is -4.00. The topological polar surface area (TPSA) is 83.1 Å². The smallest absolute Gasteiger partial charge is 0.344 e. The van der Waals surface area contributed by atoms with Crippen LogP contribution in [-0.4, -0.2) is 32.2 Å². The fourth-order valence-corrected chi connectivity index (χ4v) is 2.61. The van der Waals surface area contributed by atoms with Crippen LogP contribution in [0.4, 0.5) is 5.69 Å². The minimum atomic E-state index is -0.664. The first-order valence-electron chi connectivity index (χ1n) is 9.59. The van der Waals surface area contributed by atoms with Gasteiger partial charge in [-0.15, -0.1) is 0 Å². The van der Waals surface area contributed by atoms with Gasteiger partial charge in [-0.3, -0.25) is 4.79 Å². The van der Waals surface area contributed by atoms with Crippen LogP contribution in [0.5, 0.6) is 23.0 Å². The number of hydrogen-bond donors (Lipinski definition) is 1. The first kappa shape index (κ1) is 21.7. The Morgan fingerprint density at radius 3 is 2.06 bits per heavy atom. The lowest BCUT2D eigenvalue weighted by atomic mass is 10.2. The molecule has 0 aromatic heterocycles. The van der Waals surface area contributed by atoms with Crippen molar-refractivity contribution >= 4 is 17.6 Å². The molecule has 0 saturated carbocycles. The Labute approximate surface area is 180 Å². The molecule has 0 spiro atoms. The number of nitrogens with one attached hydrogen (secondary N) is 1. The van der Waals surface area contributed by atoms with Crippen molar-refractivity contribution in [3.05, 3.63) is 78.4 Å². The van der Waals surface area contributed by atoms with Crippen LogP contribution >= 0.6 is 0 Å². The SMILES string of the molecule is COc1ccccc1OCC(=O)OCC(=O)Nc1ccc(Oc2ccc(C)cc2)cc1. The molecule has 31 heavy (non-hydrogen) atoms. The van der Waals surface area contributed by atoms with E-state index in [1.807, 2.05) is 31.2 Å². The monoisotopic (exact) mass is 421 g/mol. The number of aryl methyl sites for hydroxylation is 1. The van der Waals surface area contributed by atoms with Crippen LogP contribution in [0.25, 0.3) is 0 Å². The number of carbonyl (C=O) groups excluding carboxylic acids is 2. The predicted molar refractivity (Wildman–Crippen MR) is 116 cm³/mol. The summed E-state index contributed by atoms with van der Waals surface area (Å²) in [5.41, 5.74) is 1.71. The maximum atomic E-state index is 12.0. The van der Waals surface area contributed by atoms with Crippen LogP contribution in [0.15, 0.2) is 72.8 Å². The Balaban J connectivity index is 1.41. The third kappa shape index (κ3) is 6.78. The fourth-order valence-electron chi connectivity index (χ4n) is 2.61. The maximum absolute atomic E-state index is 12.0. The maximum Gasteiger partial charge on any atom is 0.344 e. The number of carbonyl (C=O) groups is 2. The standard InChI is InChI=1S/C24H23NO6/c1-17-7-11-19(12-8-17)31-20-13-9-18(10-14-20)25-23(26)15-30-24(27)16-29-22-6-4-3-5-21(22)28-2/h3-14H,15-16H2,1-2H3,(H,25,26). The fraction of sp³-hybridized carbons (Fsp3) is 0.167. The van der Waals surface area contributed by atoms with Crippen LogP contribution in [-0.2, 0) is 14.3 Å². The number of hydrogen-bond acceptors (Lipinski definition) is 6. The Kier molecular flexibility index (Phi) is 7.48. The summed E-state index contributed by atoms with van der Waals surface area (Å²) < 4.78 is 21.2. The zero-order chi connectivity index (χ0) is 22.1. The van der Waals surface area contributed by atoms with E-state index < -0.39 is 18.5 Å². The van der Waals surface area contributed by atoms with Crippen LogP contribution in [0.3, 0.4) is 0 Å². The highest BCUT2D eigenvalue weighted by atomic mass is 16.6. The molecule has 0 aliphatic heterocycles. The second-order valence-electron chi connectivity index (χ2n) is 6.59. The molecule has 0 saturated heterocycles. The molecule has 7 heteroatoms. The summed E-state index contributed by atoms with van der Waals surface area (Å²) in [6.07, 6.45) is 0. The molecule has 0 atom stereocenters. The van der Waals surface area contributed by atoms with Crippen molar-refractivity contribution in [1.29, 1.82) is 0 Å². The van der Waals surface area contributed by atoms with Crippen LogP contribution in [0, 0.1) is 6.92 Å². The molecule has 0 bridgehead atoms. The average molecular weight is 421 g/mol. The number of benzene rings is 3. The highest BCUT2D eigenvalue weighted by molar-refractivity contribution is 5.92. The summed E-state index contributed by atoms with van der Waals surface area (Å²) in [5.74, 6) is 1.16. The van der Waals surface area contributed by atoms with E-state index in [9.17, 15) is 9.59 Å². The van der Waals surface area contributed by atoms with Crippen LogP contribution in [0.2, 0.25) is 0 Å². The molecule has 0 aliphatic carbocycles. The Bertz CT molecular complexity index is 1010. The Morgan fingerprint density at radius 1 is 0.806 bits per heavy atom. The van der Waals surface area contributed by atoms with Crippen molar-refractivity contribution in [2.75, 3.05) is 25.6 Å². The second kappa shape index (κ2) is 10.7. The minimum Gasteiger partial charge on any atom is -0.493 e. The van der Waals surface area contributed by atoms with Crippen molar-refractivity contribution in [3.63, 3.8) is 0 Å². The number of rotatable bonds is 9. The molecule has 160 valence electrons. The highest BCUT2D eigenvalue weighted by Gasteiger charge is 2.11. The van der Waals surface area contributed by atoms with E-state index in [1.165, 1.54) is 7.11 Å². The van der Waals surface area contributed by atoms with Crippen LogP contribution < -0.4 is 19.5 Å². The molecule has 3 rings (SSSR count). The van der Waals surface area contributed by atoms with Crippen molar-refractivity contribution in [3.8, 4) is 23.0 Å². The van der Waals surface area contributed by atoms with Gasteiger partial charge in [0.25, 0.3) is 5.91 Å². The molecule has 3 aromatic rings. The lowest BCUT2D eigenvalue weighted by Gasteiger charge is -2.10. The minimum absolute atomic E-state index is 0.335. The molecule has 1 amide bonds. The molecule has 0 aliphatic rings. The van der Waals surface area contributed by atoms with Gasteiger partial charge in [-0.25, -0.2) is 4.79 Å². The van der Waals surface area contributed by atoms with Gasteiger partial charge in [0.05, 0.1) is 7.11 Å². The summed E-state index contributed by atoms with van der Waals surface area (Å²) >= 11 is 0. The molecule has 0 unspecified atom stereocenters. The van der Waals surface area contributed by atoms with Gasteiger partial charge in [-0.2, -0.15) is 0 Å². The van der Waals surface area contributed by atoms with E-state index >= 15 is 0 Å². The van der Waals surface area contributed by atoms with E-state index in [-0.39, 0.29) is 6.61 Å². The second-order valence-corrected chi connectivity index (χ2v) is 6.59. The van der Waals surface area contributed by atoms with Gasteiger partial charge in [0.1, 0.15) is 11.5 Å². The largest absolute Gasteiger partial charge is 0.493 e. The van der Waals surface area contributed by atoms with Gasteiger partial charge in [0.2, 0.25) is 0 Å². The van der Waals surface area contributed by atoms with E-state index in [0.29, 0.717) is 22.9 Å². The number of para-hydroxylation sites is 2. The average Bonchev–Trinajstić information content (AvgIpc) is 2.79. The number of ether oxygens (including phenoxy) is 4. The van der Waals surface area contributed by atoms with Gasteiger partial charge in [-0.05, 0) is 55.5 Å². The van der Waals surface area contributed by atoms with E-state index in [2.05, 4.69) is 5.32 Å². The summed E-state index contributed by atoms with van der Waals surface area (Å²) in [6, 6.07) is 21.5. The summed E-state index contributed by atoms with van der Waals surface area (Å²) in [7, 11) is 1.51. The van der Waals surface area contributed by atoms with Crippen molar-refractivity contribution < 1.29 is 28.5 Å². The summed E-state index contributed by atoms with van der Waals surface area (Å²) in [6.45, 7) is 1.25. The van der Waals surface area contributed by atoms with E-state index in [1.54, 1.807) is 48.5 Å². The number of anilines is 1. The number of amides is 1. The first-order valence-corrected chi connectivity index (χ1v) is 9.59. The van der Waals surface area contributed by atoms with Gasteiger partial charge in [0.15, 0.2) is 24.7 Å². The molecule has 7 nitrogen and oxygen atoms in total. The zero-order valence-corrected chi connectivity index (χ0v) is 17.3. The molecule has 3 aromatic carbocycles. The van der Waals surface area contributed by atoms with Crippen molar-refractivity contribution in [1.82, 2.24) is 0 Å². The van der Waals surface area contributed by atoms with Gasteiger partial charge in [0, 0.05) is 5.69 Å². The lowest BCUT2D eigenvalue weighted by Crippen LogP contribution is -2.23. The van der Waals surface area contributed by atoms with Crippen LogP contribution in [0.1, 0.15) is 5.56 Å². The van der Waals surface area contributed by atoms with Crippen molar-refractivity contribution in [2.24, 2.45) is 0 Å². The summed E-state index contributed by atoms with van der Waals surface area (Å²) in [4.78, 5) is 23.8. The Morgan fingerprint density at radius 2 is 1.42 bits per heavy atom. The zero-order valence-electron chi connectivity index (χ0n) is 17.3. The molecular formula is C24H23NO6. The highest BCUT2D eigenvalue weighted by Crippen LogP contribution is 2.25. The van der Waals surface area contributed by atoms with Gasteiger partial charge < -0.3 is 24.3 Å². The lowest BCUT2D eigenvalue weighted by molar-refractivity contribution is -0.149. The third-order valence-corrected chi connectivity index (χ3v) is 4.17. The van der Waals surface area contributed by atoms with E-state index in [4.69, 9.17) is 18.9 Å². The third-order valence-electron chi connectivity index (χ3n) is 4.17. The summed E-state index contributed by atoms with van der Waals surface area (Å²) in [5, 5.41) is 2.66. The first-order chi connectivity index (χ1) is 15.0. The molecular weight excluding hydrogens is 398 g/mol. The number of methoxy groups -OCH3 is 1. The molecule has 1 N–H and O–H groups in total. The predicted octanol–water partition coefficient (Wildman–Crippen LogP) is 4.36. The normalized spacial score (nSPS) is 10.1. The molecule has 0 radical (unpaired) electrons. The van der Waals surface area contributed by atoms with Gasteiger partial charge in [-0.1, -0.05) is 29.8 Å². The quantitative estimate of drug-likeness (QED) is 0.517. The molecule has 0 heterocycles. The number of esters is 1.